The smallest absolute Gasteiger partial charge is 0.282 e. The summed E-state index contributed by atoms with van der Waals surface area (Å²) in [6, 6.07) is 7.70. The van der Waals surface area contributed by atoms with Crippen LogP contribution in [0.4, 0.5) is 17.2 Å². The Labute approximate surface area is 150 Å². The molecule has 1 aliphatic heterocycles. The highest BCUT2D eigenvalue weighted by Crippen LogP contribution is 2.26. The Morgan fingerprint density at radius 2 is 2.00 bits per heavy atom. The van der Waals surface area contributed by atoms with Gasteiger partial charge in [0.15, 0.2) is 0 Å². The lowest BCUT2D eigenvalue weighted by atomic mass is 10.1. The SMILES string of the molecule is COc1ccc([N+](=O)[O-])c(C(=O)Nc2ccc(N3CCCC3)nc2C)c1. The molecule has 8 heteroatoms. The van der Waals surface area contributed by atoms with Gasteiger partial charge in [-0.15, -0.1) is 0 Å². The van der Waals surface area contributed by atoms with E-state index in [4.69, 9.17) is 4.74 Å². The van der Waals surface area contributed by atoms with Crippen LogP contribution in [0.15, 0.2) is 30.3 Å². The molecule has 1 N–H and O–H groups in total. The zero-order valence-electron chi connectivity index (χ0n) is 14.7. The van der Waals surface area contributed by atoms with Crippen molar-refractivity contribution in [1.29, 1.82) is 0 Å². The van der Waals surface area contributed by atoms with Crippen LogP contribution in [0, 0.1) is 17.0 Å². The van der Waals surface area contributed by atoms with Crippen molar-refractivity contribution >= 4 is 23.1 Å². The number of nitrogens with zero attached hydrogens (tertiary/aromatic N) is 3. The number of ether oxygens (including phenoxy) is 1. The molecular formula is C18H20N4O4. The summed E-state index contributed by atoms with van der Waals surface area (Å²) in [6.45, 7) is 3.76. The van der Waals surface area contributed by atoms with Crippen LogP contribution in [0.25, 0.3) is 0 Å². The van der Waals surface area contributed by atoms with Gasteiger partial charge in [0.1, 0.15) is 17.1 Å². The number of carbonyl (C=O) groups is 1. The van der Waals surface area contributed by atoms with Crippen LogP contribution in [0.3, 0.4) is 0 Å². The Morgan fingerprint density at radius 1 is 1.27 bits per heavy atom. The molecule has 0 bridgehead atoms. The van der Waals surface area contributed by atoms with Crippen molar-refractivity contribution < 1.29 is 14.5 Å². The summed E-state index contributed by atoms with van der Waals surface area (Å²) in [4.78, 5) is 30.0. The Hall–Kier alpha value is -3.16. The number of benzene rings is 1. The Balaban J connectivity index is 1.85. The number of rotatable bonds is 5. The summed E-state index contributed by atoms with van der Waals surface area (Å²) in [6.07, 6.45) is 2.30. The predicted octanol–water partition coefficient (Wildman–Crippen LogP) is 3.16. The lowest BCUT2D eigenvalue weighted by Crippen LogP contribution is -2.20. The molecule has 1 aliphatic rings. The van der Waals surface area contributed by atoms with Gasteiger partial charge in [-0.3, -0.25) is 14.9 Å². The molecule has 2 heterocycles. The second-order valence-electron chi connectivity index (χ2n) is 6.09. The maximum Gasteiger partial charge on any atom is 0.282 e. The fourth-order valence-electron chi connectivity index (χ4n) is 2.98. The first-order chi connectivity index (χ1) is 12.5. The molecule has 26 heavy (non-hydrogen) atoms. The molecule has 1 aromatic carbocycles. The number of pyridine rings is 1. The van der Waals surface area contributed by atoms with Crippen LogP contribution in [0.1, 0.15) is 28.9 Å². The summed E-state index contributed by atoms with van der Waals surface area (Å²) in [7, 11) is 1.44. The Kier molecular flexibility index (Phi) is 5.01. The number of nitrogens with one attached hydrogen (secondary N) is 1. The molecule has 0 radical (unpaired) electrons. The Morgan fingerprint density at radius 3 is 2.62 bits per heavy atom. The first kappa shape index (κ1) is 17.7. The standard InChI is InChI=1S/C18H20N4O4/c1-12-15(6-8-17(19-12)21-9-3-4-10-21)20-18(23)14-11-13(26-2)5-7-16(14)22(24)25/h5-8,11H,3-4,9-10H2,1-2H3,(H,20,23). The van der Waals surface area contributed by atoms with Crippen LogP contribution in [0.2, 0.25) is 0 Å². The summed E-state index contributed by atoms with van der Waals surface area (Å²) in [5.41, 5.74) is 0.850. The fraction of sp³-hybridized carbons (Fsp3) is 0.333. The van der Waals surface area contributed by atoms with Crippen LogP contribution >= 0.6 is 0 Å². The minimum atomic E-state index is -0.587. The van der Waals surface area contributed by atoms with Crippen LogP contribution in [0.5, 0.6) is 5.75 Å². The van der Waals surface area contributed by atoms with Crippen LogP contribution in [-0.2, 0) is 0 Å². The zero-order chi connectivity index (χ0) is 18.7. The van der Waals surface area contributed by atoms with E-state index in [1.54, 1.807) is 13.0 Å². The van der Waals surface area contributed by atoms with E-state index in [-0.39, 0.29) is 11.3 Å². The van der Waals surface area contributed by atoms with Crippen molar-refractivity contribution in [1.82, 2.24) is 4.98 Å². The summed E-state index contributed by atoms with van der Waals surface area (Å²) in [5, 5.41) is 13.9. The third kappa shape index (κ3) is 3.58. The lowest BCUT2D eigenvalue weighted by Gasteiger charge is -2.18. The van der Waals surface area contributed by atoms with E-state index in [9.17, 15) is 14.9 Å². The van der Waals surface area contributed by atoms with Crippen molar-refractivity contribution in [3.8, 4) is 5.75 Å². The van der Waals surface area contributed by atoms with E-state index >= 15 is 0 Å². The molecular weight excluding hydrogens is 336 g/mol. The highest BCUT2D eigenvalue weighted by Gasteiger charge is 2.22. The summed E-state index contributed by atoms with van der Waals surface area (Å²) >= 11 is 0. The topological polar surface area (TPSA) is 97.6 Å². The number of amides is 1. The number of aromatic nitrogens is 1. The monoisotopic (exact) mass is 356 g/mol. The molecule has 3 rings (SSSR count). The van der Waals surface area contributed by atoms with Gasteiger partial charge in [-0.05, 0) is 44.0 Å². The number of hydrogen-bond acceptors (Lipinski definition) is 6. The number of anilines is 2. The average Bonchev–Trinajstić information content (AvgIpc) is 3.17. The molecule has 2 aromatic rings. The normalized spacial score (nSPS) is 13.5. The fourth-order valence-corrected chi connectivity index (χ4v) is 2.98. The molecule has 1 amide bonds. The maximum atomic E-state index is 12.6. The largest absolute Gasteiger partial charge is 0.497 e. The van der Waals surface area contributed by atoms with E-state index in [0.717, 1.165) is 31.7 Å². The van der Waals surface area contributed by atoms with E-state index in [0.29, 0.717) is 17.1 Å². The second-order valence-corrected chi connectivity index (χ2v) is 6.09. The maximum absolute atomic E-state index is 12.6. The van der Waals surface area contributed by atoms with E-state index in [1.165, 1.54) is 25.3 Å². The van der Waals surface area contributed by atoms with Crippen molar-refractivity contribution in [3.05, 3.63) is 51.7 Å². The van der Waals surface area contributed by atoms with Crippen molar-refractivity contribution in [2.45, 2.75) is 19.8 Å². The van der Waals surface area contributed by atoms with Crippen LogP contribution in [-0.4, -0.2) is 36.0 Å². The molecule has 0 spiro atoms. The second kappa shape index (κ2) is 7.38. The molecule has 0 saturated carbocycles. The molecule has 0 aliphatic carbocycles. The highest BCUT2D eigenvalue weighted by atomic mass is 16.6. The molecule has 8 nitrogen and oxygen atoms in total. The average molecular weight is 356 g/mol. The zero-order valence-corrected chi connectivity index (χ0v) is 14.7. The van der Waals surface area contributed by atoms with Gasteiger partial charge in [0.05, 0.1) is 23.4 Å². The third-order valence-electron chi connectivity index (χ3n) is 4.39. The first-order valence-corrected chi connectivity index (χ1v) is 8.36. The Bertz CT molecular complexity index is 847. The van der Waals surface area contributed by atoms with Gasteiger partial charge in [-0.1, -0.05) is 0 Å². The minimum absolute atomic E-state index is 0.0580. The van der Waals surface area contributed by atoms with Gasteiger partial charge in [0.25, 0.3) is 11.6 Å². The predicted molar refractivity (Wildman–Crippen MR) is 98.0 cm³/mol. The van der Waals surface area contributed by atoms with Gasteiger partial charge in [-0.2, -0.15) is 0 Å². The molecule has 0 unspecified atom stereocenters. The number of nitro benzene ring substituents is 1. The third-order valence-corrected chi connectivity index (χ3v) is 4.39. The van der Waals surface area contributed by atoms with Crippen molar-refractivity contribution in [3.63, 3.8) is 0 Å². The van der Waals surface area contributed by atoms with Gasteiger partial charge in [0, 0.05) is 19.2 Å². The summed E-state index contributed by atoms with van der Waals surface area (Å²) in [5.74, 6) is 0.680. The van der Waals surface area contributed by atoms with E-state index in [2.05, 4.69) is 15.2 Å². The first-order valence-electron chi connectivity index (χ1n) is 8.36. The van der Waals surface area contributed by atoms with Crippen molar-refractivity contribution in [2.75, 3.05) is 30.4 Å². The quantitative estimate of drug-likeness (QED) is 0.653. The van der Waals surface area contributed by atoms with Gasteiger partial charge >= 0.3 is 0 Å². The minimum Gasteiger partial charge on any atom is -0.497 e. The number of hydrogen-bond donors (Lipinski definition) is 1. The molecule has 0 atom stereocenters. The number of aryl methyl sites for hydroxylation is 1. The molecule has 136 valence electrons. The van der Waals surface area contributed by atoms with Gasteiger partial charge in [0.2, 0.25) is 0 Å². The van der Waals surface area contributed by atoms with Crippen molar-refractivity contribution in [2.24, 2.45) is 0 Å². The van der Waals surface area contributed by atoms with Gasteiger partial charge < -0.3 is 15.0 Å². The highest BCUT2D eigenvalue weighted by molar-refractivity contribution is 6.07. The molecule has 1 fully saturated rings. The van der Waals surface area contributed by atoms with E-state index in [1.807, 2.05) is 6.07 Å². The molecule has 1 aromatic heterocycles. The summed E-state index contributed by atoms with van der Waals surface area (Å²) < 4.78 is 5.07. The molecule has 1 saturated heterocycles. The van der Waals surface area contributed by atoms with Gasteiger partial charge in [-0.25, -0.2) is 4.98 Å². The number of nitro groups is 1. The van der Waals surface area contributed by atoms with E-state index < -0.39 is 10.8 Å². The lowest BCUT2D eigenvalue weighted by molar-refractivity contribution is -0.385. The number of carbonyl (C=O) groups excluding carboxylic acids is 1. The number of methoxy groups -OCH3 is 1. The van der Waals surface area contributed by atoms with Crippen LogP contribution < -0.4 is 15.0 Å².